The van der Waals surface area contributed by atoms with Crippen molar-refractivity contribution in [2.75, 3.05) is 19.0 Å². The van der Waals surface area contributed by atoms with Gasteiger partial charge in [0.2, 0.25) is 16.0 Å². The van der Waals surface area contributed by atoms with Crippen LogP contribution in [0, 0.1) is 11.8 Å². The van der Waals surface area contributed by atoms with E-state index in [1.807, 2.05) is 0 Å². The van der Waals surface area contributed by atoms with E-state index in [4.69, 9.17) is 0 Å². The normalized spacial score (nSPS) is 15.1. The second-order valence-electron chi connectivity index (χ2n) is 5.91. The number of hydrogen-bond donors (Lipinski definition) is 2. The molecule has 7 nitrogen and oxygen atoms in total. The van der Waals surface area contributed by atoms with Crippen molar-refractivity contribution in [2.24, 2.45) is 0 Å². The molecular weight excluding hydrogens is 429 g/mol. The Morgan fingerprint density at radius 3 is 2.45 bits per heavy atom. The first-order valence-electron chi connectivity index (χ1n) is 8.20. The topological polar surface area (TPSA) is 93.2 Å². The molecule has 0 radical (unpaired) electrons. The molecule has 2 aromatic heterocycles. The lowest BCUT2D eigenvalue weighted by atomic mass is 9.98. The van der Waals surface area contributed by atoms with Crippen LogP contribution in [0.4, 0.5) is 19.1 Å². The maximum Gasteiger partial charge on any atom is 0.421 e. The lowest BCUT2D eigenvalue weighted by Gasteiger charge is -2.30. The Morgan fingerprint density at radius 2 is 1.97 bits per heavy atom. The number of methoxy groups -OCH3 is 1. The van der Waals surface area contributed by atoms with Crippen LogP contribution in [0.1, 0.15) is 19.4 Å². The van der Waals surface area contributed by atoms with Crippen LogP contribution in [-0.2, 0) is 20.4 Å². The zero-order valence-electron chi connectivity index (χ0n) is 15.7. The zero-order chi connectivity index (χ0) is 21.7. The SMILES string of the molecule is CC#CC(CNS(=O)(=O)c1cccs1)Nc1ncc(C(C)(OC)C(F)(F)F)cn1. The minimum Gasteiger partial charge on any atom is -0.364 e. The van der Waals surface area contributed by atoms with E-state index < -0.39 is 27.8 Å². The van der Waals surface area contributed by atoms with Gasteiger partial charge in [0, 0.05) is 31.6 Å². The molecule has 2 unspecified atom stereocenters. The van der Waals surface area contributed by atoms with Gasteiger partial charge in [-0.15, -0.1) is 17.3 Å². The quantitative estimate of drug-likeness (QED) is 0.604. The third kappa shape index (κ3) is 5.45. The summed E-state index contributed by atoms with van der Waals surface area (Å²) < 4.78 is 71.4. The predicted molar refractivity (Wildman–Crippen MR) is 103 cm³/mol. The molecule has 0 aliphatic carbocycles. The number of nitrogens with one attached hydrogen (secondary N) is 2. The van der Waals surface area contributed by atoms with Gasteiger partial charge >= 0.3 is 6.18 Å². The summed E-state index contributed by atoms with van der Waals surface area (Å²) in [5, 5.41) is 4.43. The summed E-state index contributed by atoms with van der Waals surface area (Å²) in [6.45, 7) is 2.35. The van der Waals surface area contributed by atoms with Gasteiger partial charge in [-0.05, 0) is 25.3 Å². The second-order valence-corrected chi connectivity index (χ2v) is 8.85. The number of anilines is 1. The Bertz CT molecular complexity index is 968. The highest BCUT2D eigenvalue weighted by atomic mass is 32.2. The summed E-state index contributed by atoms with van der Waals surface area (Å²) in [7, 11) is -2.74. The van der Waals surface area contributed by atoms with Gasteiger partial charge < -0.3 is 10.1 Å². The van der Waals surface area contributed by atoms with Crippen LogP contribution in [-0.4, -0.2) is 44.3 Å². The Hall–Kier alpha value is -2.20. The number of halogens is 3. The molecule has 0 fully saturated rings. The molecule has 0 saturated carbocycles. The molecule has 0 aliphatic rings. The summed E-state index contributed by atoms with van der Waals surface area (Å²) in [4.78, 5) is 7.75. The molecule has 158 valence electrons. The molecule has 0 spiro atoms. The van der Waals surface area contributed by atoms with E-state index >= 15 is 0 Å². The zero-order valence-corrected chi connectivity index (χ0v) is 17.4. The Balaban J connectivity index is 2.12. The largest absolute Gasteiger partial charge is 0.421 e. The molecule has 0 aromatic carbocycles. The van der Waals surface area contributed by atoms with E-state index in [2.05, 4.69) is 36.6 Å². The van der Waals surface area contributed by atoms with Crippen molar-refractivity contribution < 1.29 is 26.3 Å². The molecule has 0 aliphatic heterocycles. The van der Waals surface area contributed by atoms with Crippen LogP contribution in [0.5, 0.6) is 0 Å². The van der Waals surface area contributed by atoms with Crippen LogP contribution >= 0.6 is 11.3 Å². The van der Waals surface area contributed by atoms with Crippen molar-refractivity contribution in [3.8, 4) is 11.8 Å². The number of ether oxygens (including phenoxy) is 1. The molecule has 2 N–H and O–H groups in total. The van der Waals surface area contributed by atoms with E-state index in [1.165, 1.54) is 6.07 Å². The van der Waals surface area contributed by atoms with Gasteiger partial charge in [0.15, 0.2) is 5.60 Å². The Morgan fingerprint density at radius 1 is 1.31 bits per heavy atom. The molecule has 29 heavy (non-hydrogen) atoms. The molecule has 2 atom stereocenters. The molecule has 2 rings (SSSR count). The van der Waals surface area contributed by atoms with Crippen molar-refractivity contribution in [3.05, 3.63) is 35.5 Å². The van der Waals surface area contributed by atoms with Gasteiger partial charge in [-0.25, -0.2) is 23.1 Å². The monoisotopic (exact) mass is 448 g/mol. The minimum absolute atomic E-state index is 0.00236. The number of thiophene rings is 1. The van der Waals surface area contributed by atoms with E-state index in [0.29, 0.717) is 0 Å². The Kier molecular flexibility index (Phi) is 7.23. The highest BCUT2D eigenvalue weighted by Gasteiger charge is 2.53. The first-order valence-corrected chi connectivity index (χ1v) is 10.6. The first-order chi connectivity index (χ1) is 13.5. The molecule has 0 saturated heterocycles. The summed E-state index contributed by atoms with van der Waals surface area (Å²) in [5.74, 6) is 5.41. The van der Waals surface area contributed by atoms with Crippen LogP contribution in [0.2, 0.25) is 0 Å². The average molecular weight is 448 g/mol. The maximum absolute atomic E-state index is 13.3. The number of hydrogen-bond acceptors (Lipinski definition) is 7. The van der Waals surface area contributed by atoms with Crippen molar-refractivity contribution in [1.82, 2.24) is 14.7 Å². The van der Waals surface area contributed by atoms with Crippen molar-refractivity contribution in [2.45, 2.75) is 35.9 Å². The minimum atomic E-state index is -4.66. The lowest BCUT2D eigenvalue weighted by molar-refractivity contribution is -0.269. The smallest absolute Gasteiger partial charge is 0.364 e. The van der Waals surface area contributed by atoms with Crippen LogP contribution in [0.25, 0.3) is 0 Å². The Labute approximate surface area is 170 Å². The number of nitrogens with zero attached hydrogens (tertiary/aromatic N) is 2. The van der Waals surface area contributed by atoms with Crippen LogP contribution in [0.15, 0.2) is 34.1 Å². The molecule has 2 aromatic rings. The lowest BCUT2D eigenvalue weighted by Crippen LogP contribution is -2.41. The van der Waals surface area contributed by atoms with Crippen molar-refractivity contribution in [3.63, 3.8) is 0 Å². The predicted octanol–water partition coefficient (Wildman–Crippen LogP) is 2.74. The van der Waals surface area contributed by atoms with Crippen molar-refractivity contribution in [1.29, 1.82) is 0 Å². The molecule has 0 amide bonds. The van der Waals surface area contributed by atoms with Gasteiger partial charge in [-0.3, -0.25) is 0 Å². The maximum atomic E-state index is 13.3. The molecule has 12 heteroatoms. The number of aromatic nitrogens is 2. The molecule has 0 bridgehead atoms. The standard InChI is InChI=1S/C17H19F3N4O3S2/c1-4-6-13(11-23-29(25,26)14-7-5-8-28-14)24-15-21-9-12(10-22-15)16(2,27-3)17(18,19)20/h5,7-10,13,23H,11H2,1-3H3,(H,21,22,24). The van der Waals surface area contributed by atoms with Crippen molar-refractivity contribution >= 4 is 27.3 Å². The summed E-state index contributed by atoms with van der Waals surface area (Å²) in [6.07, 6.45) is -2.66. The van der Waals surface area contributed by atoms with Gasteiger partial charge in [0.25, 0.3) is 0 Å². The first kappa shape index (κ1) is 23.1. The summed E-state index contributed by atoms with van der Waals surface area (Å²) in [6, 6.07) is 2.39. The fourth-order valence-electron chi connectivity index (χ4n) is 2.19. The van der Waals surface area contributed by atoms with Crippen LogP contribution in [0.3, 0.4) is 0 Å². The van der Waals surface area contributed by atoms with Gasteiger partial charge in [0.05, 0.1) is 0 Å². The van der Waals surface area contributed by atoms with Crippen LogP contribution < -0.4 is 10.0 Å². The third-order valence-corrected chi connectivity index (χ3v) is 6.83. The van der Waals surface area contributed by atoms with Gasteiger partial charge in [0.1, 0.15) is 10.3 Å². The number of rotatable bonds is 8. The average Bonchev–Trinajstić information content (AvgIpc) is 3.21. The fraction of sp³-hybridized carbons (Fsp3) is 0.412. The number of sulfonamides is 1. The van der Waals surface area contributed by atoms with Gasteiger partial charge in [-0.2, -0.15) is 13.2 Å². The summed E-state index contributed by atoms with van der Waals surface area (Å²) >= 11 is 1.07. The second kappa shape index (κ2) is 9.08. The van der Waals surface area contributed by atoms with E-state index in [9.17, 15) is 21.6 Å². The van der Waals surface area contributed by atoms with E-state index in [0.717, 1.165) is 37.8 Å². The molecular formula is C17H19F3N4O3S2. The van der Waals surface area contributed by atoms with Gasteiger partial charge in [-0.1, -0.05) is 12.0 Å². The molecule has 2 heterocycles. The highest BCUT2D eigenvalue weighted by Crippen LogP contribution is 2.40. The van der Waals surface area contributed by atoms with E-state index in [1.54, 1.807) is 18.4 Å². The highest BCUT2D eigenvalue weighted by molar-refractivity contribution is 7.91. The third-order valence-electron chi connectivity index (χ3n) is 4.01. The van der Waals surface area contributed by atoms with E-state index in [-0.39, 0.29) is 22.3 Å². The fourth-order valence-corrected chi connectivity index (χ4v) is 4.28. The number of alkyl halides is 3. The summed E-state index contributed by atoms with van der Waals surface area (Å²) in [5.41, 5.74) is -2.82.